The van der Waals surface area contributed by atoms with Crippen molar-refractivity contribution in [3.8, 4) is 0 Å². The second-order valence-electron chi connectivity index (χ2n) is 5.29. The summed E-state index contributed by atoms with van der Waals surface area (Å²) in [5, 5.41) is 10.6. The Hall–Kier alpha value is -1.17. The molecule has 1 aromatic heterocycles. The third-order valence-corrected chi connectivity index (χ3v) is 4.69. The summed E-state index contributed by atoms with van der Waals surface area (Å²) in [6, 6.07) is 2.06. The van der Waals surface area contributed by atoms with E-state index in [9.17, 15) is 4.79 Å². The van der Waals surface area contributed by atoms with Gasteiger partial charge in [0.05, 0.1) is 6.10 Å². The summed E-state index contributed by atoms with van der Waals surface area (Å²) in [6.45, 7) is 5.22. The topological polar surface area (TPSA) is 49.8 Å². The molecule has 20 heavy (non-hydrogen) atoms. The Morgan fingerprint density at radius 2 is 2.45 bits per heavy atom. The van der Waals surface area contributed by atoms with Crippen LogP contribution in [0.15, 0.2) is 17.5 Å². The molecule has 0 amide bonds. The first-order valence-electron chi connectivity index (χ1n) is 6.82. The third kappa shape index (κ3) is 4.16. The summed E-state index contributed by atoms with van der Waals surface area (Å²) in [4.78, 5) is 14.2. The number of carboxylic acid groups (broad SMARTS) is 1. The number of thiophene rings is 1. The molecule has 1 aliphatic rings. The zero-order valence-electron chi connectivity index (χ0n) is 11.9. The van der Waals surface area contributed by atoms with Gasteiger partial charge in [-0.1, -0.05) is 6.92 Å². The SMILES string of the molecule is COC1CN(Cc2cc(/C=C/C(=O)O)cs2)CCC1C. The number of aliphatic carboxylic acids is 1. The van der Waals surface area contributed by atoms with E-state index in [-0.39, 0.29) is 0 Å². The molecular formula is C15H21NO3S. The average Bonchev–Trinajstić information content (AvgIpc) is 2.86. The van der Waals surface area contributed by atoms with Crippen molar-refractivity contribution in [2.75, 3.05) is 20.2 Å². The molecule has 0 bridgehead atoms. The monoisotopic (exact) mass is 295 g/mol. The molecule has 2 heterocycles. The van der Waals surface area contributed by atoms with Crippen LogP contribution >= 0.6 is 11.3 Å². The highest BCUT2D eigenvalue weighted by molar-refractivity contribution is 7.10. The maximum Gasteiger partial charge on any atom is 0.328 e. The highest BCUT2D eigenvalue weighted by Gasteiger charge is 2.25. The Morgan fingerprint density at radius 3 is 3.15 bits per heavy atom. The number of methoxy groups -OCH3 is 1. The molecule has 1 N–H and O–H groups in total. The minimum Gasteiger partial charge on any atom is -0.478 e. The van der Waals surface area contributed by atoms with Crippen molar-refractivity contribution in [2.45, 2.75) is 26.0 Å². The fourth-order valence-electron chi connectivity index (χ4n) is 2.50. The third-order valence-electron chi connectivity index (χ3n) is 3.75. The summed E-state index contributed by atoms with van der Waals surface area (Å²) in [6.07, 6.45) is 4.29. The Morgan fingerprint density at radius 1 is 1.65 bits per heavy atom. The molecular weight excluding hydrogens is 274 g/mol. The van der Waals surface area contributed by atoms with Crippen molar-refractivity contribution >= 4 is 23.4 Å². The summed E-state index contributed by atoms with van der Waals surface area (Å²) in [7, 11) is 1.78. The van der Waals surface area contributed by atoms with Gasteiger partial charge in [-0.15, -0.1) is 11.3 Å². The van der Waals surface area contributed by atoms with E-state index in [0.717, 1.165) is 31.6 Å². The number of ether oxygens (including phenoxy) is 1. The van der Waals surface area contributed by atoms with Gasteiger partial charge in [-0.05, 0) is 42.0 Å². The number of likely N-dealkylation sites (tertiary alicyclic amines) is 1. The van der Waals surface area contributed by atoms with E-state index in [1.54, 1.807) is 24.5 Å². The first-order valence-corrected chi connectivity index (χ1v) is 7.70. The molecule has 0 saturated carbocycles. The number of hydrogen-bond acceptors (Lipinski definition) is 4. The van der Waals surface area contributed by atoms with E-state index < -0.39 is 5.97 Å². The lowest BCUT2D eigenvalue weighted by molar-refractivity contribution is -0.131. The van der Waals surface area contributed by atoms with E-state index in [4.69, 9.17) is 9.84 Å². The maximum absolute atomic E-state index is 10.5. The normalized spacial score (nSPS) is 24.3. The van der Waals surface area contributed by atoms with E-state index in [2.05, 4.69) is 17.9 Å². The van der Waals surface area contributed by atoms with E-state index in [1.165, 1.54) is 11.0 Å². The lowest BCUT2D eigenvalue weighted by atomic mass is 9.96. The smallest absolute Gasteiger partial charge is 0.328 e. The number of carboxylic acids is 1. The van der Waals surface area contributed by atoms with Crippen LogP contribution in [-0.2, 0) is 16.1 Å². The lowest BCUT2D eigenvalue weighted by Crippen LogP contribution is -2.43. The molecule has 4 nitrogen and oxygen atoms in total. The zero-order chi connectivity index (χ0) is 14.5. The maximum atomic E-state index is 10.5. The fraction of sp³-hybridized carbons (Fsp3) is 0.533. The Balaban J connectivity index is 1.92. The zero-order valence-corrected chi connectivity index (χ0v) is 12.7. The van der Waals surface area contributed by atoms with Crippen LogP contribution in [0.2, 0.25) is 0 Å². The molecule has 0 aliphatic carbocycles. The van der Waals surface area contributed by atoms with Gasteiger partial charge in [0.25, 0.3) is 0 Å². The number of hydrogen-bond donors (Lipinski definition) is 1. The number of nitrogens with zero attached hydrogens (tertiary/aromatic N) is 1. The van der Waals surface area contributed by atoms with Gasteiger partial charge in [-0.3, -0.25) is 4.90 Å². The van der Waals surface area contributed by atoms with Gasteiger partial charge >= 0.3 is 5.97 Å². The highest BCUT2D eigenvalue weighted by atomic mass is 32.1. The van der Waals surface area contributed by atoms with Gasteiger partial charge in [0.1, 0.15) is 0 Å². The van der Waals surface area contributed by atoms with Crippen LogP contribution in [-0.4, -0.2) is 42.3 Å². The fourth-order valence-corrected chi connectivity index (χ4v) is 3.40. The molecule has 1 saturated heterocycles. The Labute approximate surface area is 123 Å². The molecule has 0 spiro atoms. The molecule has 2 rings (SSSR count). The van der Waals surface area contributed by atoms with Crippen LogP contribution in [0.4, 0.5) is 0 Å². The summed E-state index contributed by atoms with van der Waals surface area (Å²) < 4.78 is 5.53. The van der Waals surface area contributed by atoms with Gasteiger partial charge in [0, 0.05) is 31.2 Å². The van der Waals surface area contributed by atoms with Gasteiger partial charge in [-0.25, -0.2) is 4.79 Å². The summed E-state index contributed by atoms with van der Waals surface area (Å²) in [5.41, 5.74) is 0.959. The van der Waals surface area contributed by atoms with E-state index in [0.29, 0.717) is 12.0 Å². The van der Waals surface area contributed by atoms with Crippen molar-refractivity contribution in [3.05, 3.63) is 28.0 Å². The van der Waals surface area contributed by atoms with Crippen LogP contribution in [0.3, 0.4) is 0 Å². The Bertz CT molecular complexity index is 483. The second kappa shape index (κ2) is 7.02. The van der Waals surface area contributed by atoms with Crippen molar-refractivity contribution in [3.63, 3.8) is 0 Å². The minimum absolute atomic E-state index is 0.315. The van der Waals surface area contributed by atoms with Crippen molar-refractivity contribution in [2.24, 2.45) is 5.92 Å². The van der Waals surface area contributed by atoms with Crippen molar-refractivity contribution in [1.29, 1.82) is 0 Å². The predicted octanol–water partition coefficient (Wildman–Crippen LogP) is 2.70. The minimum atomic E-state index is -0.911. The molecule has 0 radical (unpaired) electrons. The van der Waals surface area contributed by atoms with Crippen LogP contribution < -0.4 is 0 Å². The van der Waals surface area contributed by atoms with E-state index >= 15 is 0 Å². The summed E-state index contributed by atoms with van der Waals surface area (Å²) in [5.74, 6) is -0.292. The molecule has 2 atom stereocenters. The van der Waals surface area contributed by atoms with Gasteiger partial charge < -0.3 is 9.84 Å². The lowest BCUT2D eigenvalue weighted by Gasteiger charge is -2.35. The highest BCUT2D eigenvalue weighted by Crippen LogP contribution is 2.23. The number of piperidine rings is 1. The predicted molar refractivity (Wildman–Crippen MR) is 80.8 cm³/mol. The quantitative estimate of drug-likeness (QED) is 0.849. The standard InChI is InChI=1S/C15H21NO3S/c1-11-5-6-16(9-14(11)19-2)8-13-7-12(10-20-13)3-4-15(17)18/h3-4,7,10-11,14H,5-6,8-9H2,1-2H3,(H,17,18)/b4-3+. The van der Waals surface area contributed by atoms with Crippen molar-refractivity contribution in [1.82, 2.24) is 4.90 Å². The summed E-state index contributed by atoms with van der Waals surface area (Å²) >= 11 is 1.68. The number of rotatable bonds is 5. The molecule has 1 fully saturated rings. The first-order chi connectivity index (χ1) is 9.58. The molecule has 1 aromatic rings. The van der Waals surface area contributed by atoms with E-state index in [1.807, 2.05) is 5.38 Å². The molecule has 5 heteroatoms. The van der Waals surface area contributed by atoms with Crippen LogP contribution in [0.25, 0.3) is 6.08 Å². The van der Waals surface area contributed by atoms with Crippen LogP contribution in [0.1, 0.15) is 23.8 Å². The average molecular weight is 295 g/mol. The first kappa shape index (κ1) is 15.2. The van der Waals surface area contributed by atoms with Crippen LogP contribution in [0, 0.1) is 5.92 Å². The molecule has 2 unspecified atom stereocenters. The molecule has 0 aromatic carbocycles. The van der Waals surface area contributed by atoms with Gasteiger partial charge in [-0.2, -0.15) is 0 Å². The molecule has 110 valence electrons. The largest absolute Gasteiger partial charge is 0.478 e. The molecule has 1 aliphatic heterocycles. The number of carbonyl (C=O) groups is 1. The van der Waals surface area contributed by atoms with Crippen LogP contribution in [0.5, 0.6) is 0 Å². The Kier molecular flexibility index (Phi) is 5.34. The van der Waals surface area contributed by atoms with Crippen molar-refractivity contribution < 1.29 is 14.6 Å². The van der Waals surface area contributed by atoms with Gasteiger partial charge in [0.2, 0.25) is 0 Å². The van der Waals surface area contributed by atoms with Gasteiger partial charge in [0.15, 0.2) is 0 Å². The second-order valence-corrected chi connectivity index (χ2v) is 6.29.